The first-order chi connectivity index (χ1) is 9.13. The molecule has 2 fully saturated rings. The van der Waals surface area contributed by atoms with Crippen LogP contribution in [-0.4, -0.2) is 12.1 Å². The topological polar surface area (TPSA) is 26.3 Å². The lowest BCUT2D eigenvalue weighted by atomic mass is 9.75. The predicted molar refractivity (Wildman–Crippen MR) is 65.6 cm³/mol. The second kappa shape index (κ2) is 4.91. The molecule has 1 aliphatic carbocycles. The van der Waals surface area contributed by atoms with Gasteiger partial charge in [-0.05, 0) is 55.2 Å². The Kier molecular flexibility index (Phi) is 3.25. The van der Waals surface area contributed by atoms with E-state index in [0.29, 0.717) is 18.3 Å². The van der Waals surface area contributed by atoms with E-state index in [0.717, 1.165) is 31.2 Å². The van der Waals surface area contributed by atoms with Gasteiger partial charge in [0, 0.05) is 0 Å². The SMILES string of the molecule is O=C1CC(C2CCC(c3ccc(F)c(F)c3)CC2)O1. The van der Waals surface area contributed by atoms with E-state index in [-0.39, 0.29) is 12.1 Å². The number of ether oxygens (including phenoxy) is 1. The molecule has 2 aliphatic rings. The molecule has 1 unspecified atom stereocenters. The molecule has 1 aliphatic heterocycles. The minimum absolute atomic E-state index is 0.0957. The van der Waals surface area contributed by atoms with Gasteiger partial charge in [-0.2, -0.15) is 0 Å². The lowest BCUT2D eigenvalue weighted by Crippen LogP contribution is -2.40. The van der Waals surface area contributed by atoms with Crippen LogP contribution in [0.25, 0.3) is 0 Å². The van der Waals surface area contributed by atoms with Crippen LogP contribution in [0.4, 0.5) is 8.78 Å². The minimum atomic E-state index is -0.793. The molecule has 1 saturated carbocycles. The highest BCUT2D eigenvalue weighted by Gasteiger charge is 2.37. The summed E-state index contributed by atoms with van der Waals surface area (Å²) in [6.45, 7) is 0. The molecular formula is C15H16F2O2. The summed E-state index contributed by atoms with van der Waals surface area (Å²) < 4.78 is 31.2. The molecule has 0 amide bonds. The molecule has 19 heavy (non-hydrogen) atoms. The van der Waals surface area contributed by atoms with Gasteiger partial charge in [0.1, 0.15) is 6.10 Å². The molecular weight excluding hydrogens is 250 g/mol. The Morgan fingerprint density at radius 1 is 1.05 bits per heavy atom. The van der Waals surface area contributed by atoms with E-state index in [4.69, 9.17) is 4.74 Å². The highest BCUT2D eigenvalue weighted by molar-refractivity contribution is 5.75. The third-order valence-electron chi connectivity index (χ3n) is 4.36. The Morgan fingerprint density at radius 3 is 2.32 bits per heavy atom. The molecule has 1 atom stereocenters. The van der Waals surface area contributed by atoms with Crippen molar-refractivity contribution in [2.24, 2.45) is 5.92 Å². The summed E-state index contributed by atoms with van der Waals surface area (Å²) in [5.41, 5.74) is 0.878. The van der Waals surface area contributed by atoms with Crippen LogP contribution in [0.3, 0.4) is 0 Å². The first kappa shape index (κ1) is 12.6. The van der Waals surface area contributed by atoms with Crippen LogP contribution < -0.4 is 0 Å². The van der Waals surface area contributed by atoms with Crippen LogP contribution in [0, 0.1) is 17.6 Å². The van der Waals surface area contributed by atoms with Crippen LogP contribution in [0.2, 0.25) is 0 Å². The largest absolute Gasteiger partial charge is 0.461 e. The number of cyclic esters (lactones) is 1. The van der Waals surface area contributed by atoms with Crippen molar-refractivity contribution >= 4 is 5.97 Å². The molecule has 0 spiro atoms. The van der Waals surface area contributed by atoms with E-state index in [2.05, 4.69) is 0 Å². The summed E-state index contributed by atoms with van der Waals surface area (Å²) in [6.07, 6.45) is 4.51. The van der Waals surface area contributed by atoms with Crippen molar-refractivity contribution in [3.8, 4) is 0 Å². The van der Waals surface area contributed by atoms with Gasteiger partial charge in [-0.1, -0.05) is 6.07 Å². The molecule has 0 bridgehead atoms. The lowest BCUT2D eigenvalue weighted by Gasteiger charge is -2.37. The number of esters is 1. The summed E-state index contributed by atoms with van der Waals surface area (Å²) in [7, 11) is 0. The van der Waals surface area contributed by atoms with Crippen molar-refractivity contribution in [1.29, 1.82) is 0 Å². The van der Waals surface area contributed by atoms with E-state index in [1.807, 2.05) is 0 Å². The summed E-state index contributed by atoms with van der Waals surface area (Å²) >= 11 is 0. The lowest BCUT2D eigenvalue weighted by molar-refractivity contribution is -0.176. The van der Waals surface area contributed by atoms with E-state index >= 15 is 0 Å². The molecule has 1 aromatic rings. The minimum Gasteiger partial charge on any atom is -0.461 e. The second-order valence-electron chi connectivity index (χ2n) is 5.52. The van der Waals surface area contributed by atoms with Gasteiger partial charge >= 0.3 is 5.97 Å². The Bertz CT molecular complexity index is 485. The fraction of sp³-hybridized carbons (Fsp3) is 0.533. The Labute approximate surface area is 110 Å². The Hall–Kier alpha value is -1.45. The van der Waals surface area contributed by atoms with Crippen molar-refractivity contribution in [2.45, 2.75) is 44.1 Å². The predicted octanol–water partition coefficient (Wildman–Crippen LogP) is 3.55. The summed E-state index contributed by atoms with van der Waals surface area (Å²) in [6, 6.07) is 4.18. The van der Waals surface area contributed by atoms with Gasteiger partial charge in [-0.25, -0.2) is 8.78 Å². The van der Waals surface area contributed by atoms with E-state index in [9.17, 15) is 13.6 Å². The standard InChI is InChI=1S/C15H16F2O2/c16-12-6-5-11(7-13(12)17)9-1-3-10(4-2-9)14-8-15(18)19-14/h5-7,9-10,14H,1-4,8H2. The van der Waals surface area contributed by atoms with Crippen molar-refractivity contribution < 1.29 is 18.3 Å². The zero-order valence-electron chi connectivity index (χ0n) is 10.6. The van der Waals surface area contributed by atoms with Crippen LogP contribution in [0.1, 0.15) is 43.6 Å². The zero-order chi connectivity index (χ0) is 13.4. The number of halogens is 2. The fourth-order valence-electron chi connectivity index (χ4n) is 3.18. The molecule has 1 aromatic carbocycles. The molecule has 1 heterocycles. The highest BCUT2D eigenvalue weighted by Crippen LogP contribution is 2.40. The quantitative estimate of drug-likeness (QED) is 0.765. The summed E-state index contributed by atoms with van der Waals surface area (Å²) in [4.78, 5) is 10.8. The first-order valence-electron chi connectivity index (χ1n) is 6.78. The smallest absolute Gasteiger partial charge is 0.309 e. The second-order valence-corrected chi connectivity index (χ2v) is 5.52. The molecule has 1 saturated heterocycles. The molecule has 0 aromatic heterocycles. The van der Waals surface area contributed by atoms with Crippen LogP contribution in [-0.2, 0) is 9.53 Å². The van der Waals surface area contributed by atoms with Crippen molar-refractivity contribution in [3.63, 3.8) is 0 Å². The van der Waals surface area contributed by atoms with Gasteiger partial charge in [0.25, 0.3) is 0 Å². The van der Waals surface area contributed by atoms with E-state index < -0.39 is 11.6 Å². The van der Waals surface area contributed by atoms with Crippen LogP contribution >= 0.6 is 0 Å². The highest BCUT2D eigenvalue weighted by atomic mass is 19.2. The molecule has 102 valence electrons. The maximum atomic E-state index is 13.2. The van der Waals surface area contributed by atoms with E-state index in [1.165, 1.54) is 12.1 Å². The number of carbonyl (C=O) groups excluding carboxylic acids is 1. The Balaban J connectivity index is 1.60. The molecule has 0 N–H and O–H groups in total. The van der Waals surface area contributed by atoms with Gasteiger partial charge in [0.15, 0.2) is 11.6 Å². The van der Waals surface area contributed by atoms with E-state index in [1.54, 1.807) is 6.07 Å². The third-order valence-corrected chi connectivity index (χ3v) is 4.36. The van der Waals surface area contributed by atoms with Crippen LogP contribution in [0.15, 0.2) is 18.2 Å². The van der Waals surface area contributed by atoms with Crippen molar-refractivity contribution in [1.82, 2.24) is 0 Å². The monoisotopic (exact) mass is 266 g/mol. The molecule has 0 radical (unpaired) electrons. The third kappa shape index (κ3) is 2.48. The van der Waals surface area contributed by atoms with Gasteiger partial charge in [-0.15, -0.1) is 0 Å². The number of hydrogen-bond donors (Lipinski definition) is 0. The Morgan fingerprint density at radius 2 is 1.74 bits per heavy atom. The maximum absolute atomic E-state index is 13.2. The average molecular weight is 266 g/mol. The van der Waals surface area contributed by atoms with Gasteiger partial charge < -0.3 is 4.74 Å². The van der Waals surface area contributed by atoms with Crippen molar-refractivity contribution in [2.75, 3.05) is 0 Å². The average Bonchev–Trinajstić information content (AvgIpc) is 2.39. The van der Waals surface area contributed by atoms with Crippen molar-refractivity contribution in [3.05, 3.63) is 35.4 Å². The number of rotatable bonds is 2. The maximum Gasteiger partial charge on any atom is 0.309 e. The number of hydrogen-bond acceptors (Lipinski definition) is 2. The molecule has 3 rings (SSSR count). The zero-order valence-corrected chi connectivity index (χ0v) is 10.6. The fourth-order valence-corrected chi connectivity index (χ4v) is 3.18. The normalized spacial score (nSPS) is 30.6. The molecule has 2 nitrogen and oxygen atoms in total. The van der Waals surface area contributed by atoms with Gasteiger partial charge in [0.2, 0.25) is 0 Å². The van der Waals surface area contributed by atoms with Crippen LogP contribution in [0.5, 0.6) is 0 Å². The van der Waals surface area contributed by atoms with Gasteiger partial charge in [-0.3, -0.25) is 4.79 Å². The number of carbonyl (C=O) groups is 1. The summed E-state index contributed by atoms with van der Waals surface area (Å²) in [5.74, 6) is -0.930. The van der Waals surface area contributed by atoms with Gasteiger partial charge in [0.05, 0.1) is 6.42 Å². The molecule has 4 heteroatoms. The number of benzene rings is 1. The summed E-state index contributed by atoms with van der Waals surface area (Å²) in [5, 5.41) is 0. The first-order valence-corrected chi connectivity index (χ1v) is 6.78.